The summed E-state index contributed by atoms with van der Waals surface area (Å²) in [5.74, 6) is 0.292. The number of aliphatic hydroxyl groups excluding tert-OH is 1. The molecule has 1 atom stereocenters. The van der Waals surface area contributed by atoms with E-state index in [0.717, 1.165) is 5.69 Å². The Morgan fingerprint density at radius 3 is 2.58 bits per heavy atom. The lowest BCUT2D eigenvalue weighted by atomic mass is 10.2. The highest BCUT2D eigenvalue weighted by Gasteiger charge is 2.10. The van der Waals surface area contributed by atoms with Gasteiger partial charge in [0.15, 0.2) is 0 Å². The Bertz CT molecular complexity index is 851. The normalized spacial score (nSPS) is 12.0. The SMILES string of the molecule is O=c1[nH]nc(OCC(O)CNNc2ccccc2)c2ccccc12. The summed E-state index contributed by atoms with van der Waals surface area (Å²) in [4.78, 5) is 11.7. The molecule has 0 aliphatic heterocycles. The van der Waals surface area contributed by atoms with Gasteiger partial charge in [0.2, 0.25) is 5.88 Å². The van der Waals surface area contributed by atoms with Crippen molar-refractivity contribution < 1.29 is 9.84 Å². The summed E-state index contributed by atoms with van der Waals surface area (Å²) in [5.41, 5.74) is 6.54. The fourth-order valence-electron chi connectivity index (χ4n) is 2.23. The number of H-pyrrole nitrogens is 1. The highest BCUT2D eigenvalue weighted by molar-refractivity contribution is 5.85. The summed E-state index contributed by atoms with van der Waals surface area (Å²) in [6.07, 6.45) is -0.742. The number of anilines is 1. The standard InChI is InChI=1S/C17H18N4O3/c22-13(10-18-19-12-6-2-1-3-7-12)11-24-17-15-9-5-4-8-14(15)16(23)20-21-17/h1-9,13,18-19,22H,10-11H2,(H,20,23). The zero-order valence-electron chi connectivity index (χ0n) is 12.9. The van der Waals surface area contributed by atoms with Crippen LogP contribution in [0.25, 0.3) is 10.8 Å². The smallest absolute Gasteiger partial charge is 0.272 e. The number of hydrogen-bond donors (Lipinski definition) is 4. The molecule has 0 saturated carbocycles. The third kappa shape index (κ3) is 3.89. The fourth-order valence-corrected chi connectivity index (χ4v) is 2.23. The first kappa shape index (κ1) is 16.0. The minimum absolute atomic E-state index is 0.0481. The van der Waals surface area contributed by atoms with Crippen LogP contribution < -0.4 is 21.1 Å². The molecule has 7 nitrogen and oxygen atoms in total. The molecule has 1 aromatic heterocycles. The molecule has 124 valence electrons. The lowest BCUT2D eigenvalue weighted by Crippen LogP contribution is -2.34. The van der Waals surface area contributed by atoms with Crippen molar-refractivity contribution in [1.29, 1.82) is 0 Å². The molecule has 0 aliphatic rings. The van der Waals surface area contributed by atoms with E-state index in [0.29, 0.717) is 16.7 Å². The average molecular weight is 326 g/mol. The van der Waals surface area contributed by atoms with Gasteiger partial charge in [0.25, 0.3) is 5.56 Å². The molecule has 3 aromatic rings. The Morgan fingerprint density at radius 1 is 1.08 bits per heavy atom. The van der Waals surface area contributed by atoms with Gasteiger partial charge in [-0.1, -0.05) is 30.3 Å². The first-order valence-corrected chi connectivity index (χ1v) is 7.56. The van der Waals surface area contributed by atoms with Crippen LogP contribution in [0.15, 0.2) is 59.4 Å². The number of hydrogen-bond acceptors (Lipinski definition) is 6. The predicted octanol–water partition coefficient (Wildman–Crippen LogP) is 1.28. The molecule has 0 aliphatic carbocycles. The average Bonchev–Trinajstić information content (AvgIpc) is 2.62. The molecule has 4 N–H and O–H groups in total. The molecule has 1 heterocycles. The molecule has 0 radical (unpaired) electrons. The van der Waals surface area contributed by atoms with E-state index in [1.807, 2.05) is 30.3 Å². The van der Waals surface area contributed by atoms with Gasteiger partial charge in [-0.2, -0.15) is 0 Å². The van der Waals surface area contributed by atoms with Crippen molar-refractivity contribution in [2.24, 2.45) is 0 Å². The number of nitrogens with one attached hydrogen (secondary N) is 3. The Labute approximate surface area is 138 Å². The van der Waals surface area contributed by atoms with E-state index in [-0.39, 0.29) is 18.7 Å². The number of ether oxygens (including phenoxy) is 1. The quantitative estimate of drug-likeness (QED) is 0.488. The summed E-state index contributed by atoms with van der Waals surface area (Å²) in [7, 11) is 0. The summed E-state index contributed by atoms with van der Waals surface area (Å²) in [5, 5.41) is 17.4. The van der Waals surface area contributed by atoms with Gasteiger partial charge < -0.3 is 15.3 Å². The number of para-hydroxylation sites is 1. The number of fused-ring (bicyclic) bond motifs is 1. The number of benzene rings is 2. The van der Waals surface area contributed by atoms with Crippen LogP contribution in [0, 0.1) is 0 Å². The van der Waals surface area contributed by atoms with Crippen molar-refractivity contribution in [3.8, 4) is 5.88 Å². The van der Waals surface area contributed by atoms with Gasteiger partial charge in [-0.05, 0) is 24.3 Å². The number of aromatic amines is 1. The number of nitrogens with zero attached hydrogens (tertiary/aromatic N) is 1. The van der Waals surface area contributed by atoms with Crippen LogP contribution in [0.3, 0.4) is 0 Å². The molecular weight excluding hydrogens is 308 g/mol. The zero-order valence-corrected chi connectivity index (χ0v) is 12.9. The maximum absolute atomic E-state index is 11.7. The summed E-state index contributed by atoms with van der Waals surface area (Å²) < 4.78 is 5.54. The maximum Gasteiger partial charge on any atom is 0.272 e. The van der Waals surface area contributed by atoms with Gasteiger partial charge in [0, 0.05) is 12.2 Å². The van der Waals surface area contributed by atoms with E-state index < -0.39 is 6.10 Å². The predicted molar refractivity (Wildman–Crippen MR) is 91.9 cm³/mol. The van der Waals surface area contributed by atoms with Gasteiger partial charge in [0.05, 0.1) is 10.8 Å². The highest BCUT2D eigenvalue weighted by Crippen LogP contribution is 2.18. The van der Waals surface area contributed by atoms with Crippen LogP contribution in [0.4, 0.5) is 5.69 Å². The fraction of sp³-hybridized carbons (Fsp3) is 0.176. The second kappa shape index (κ2) is 7.58. The molecule has 0 fully saturated rings. The van der Waals surface area contributed by atoms with Crippen molar-refractivity contribution in [3.05, 3.63) is 65.0 Å². The molecule has 3 rings (SSSR count). The Morgan fingerprint density at radius 2 is 1.79 bits per heavy atom. The van der Waals surface area contributed by atoms with Crippen molar-refractivity contribution in [2.45, 2.75) is 6.10 Å². The Kier molecular flexibility index (Phi) is 5.05. The van der Waals surface area contributed by atoms with Crippen LogP contribution in [0.5, 0.6) is 5.88 Å². The van der Waals surface area contributed by atoms with Crippen LogP contribution in [-0.4, -0.2) is 34.6 Å². The van der Waals surface area contributed by atoms with E-state index in [9.17, 15) is 9.90 Å². The molecular formula is C17H18N4O3. The van der Waals surface area contributed by atoms with Gasteiger partial charge in [-0.25, -0.2) is 10.5 Å². The first-order chi connectivity index (χ1) is 11.7. The van der Waals surface area contributed by atoms with E-state index in [2.05, 4.69) is 21.0 Å². The summed E-state index contributed by atoms with van der Waals surface area (Å²) >= 11 is 0. The van der Waals surface area contributed by atoms with Crippen LogP contribution >= 0.6 is 0 Å². The van der Waals surface area contributed by atoms with E-state index in [1.165, 1.54) is 0 Å². The first-order valence-electron chi connectivity index (χ1n) is 7.56. The van der Waals surface area contributed by atoms with Crippen molar-refractivity contribution in [3.63, 3.8) is 0 Å². The molecule has 1 unspecified atom stereocenters. The largest absolute Gasteiger partial charge is 0.473 e. The number of hydrazine groups is 1. The second-order valence-electron chi connectivity index (χ2n) is 5.24. The van der Waals surface area contributed by atoms with E-state index in [4.69, 9.17) is 4.74 Å². The molecule has 0 bridgehead atoms. The zero-order chi connectivity index (χ0) is 16.8. The van der Waals surface area contributed by atoms with Crippen molar-refractivity contribution in [2.75, 3.05) is 18.6 Å². The van der Waals surface area contributed by atoms with Gasteiger partial charge in [-0.15, -0.1) is 5.10 Å². The Hall–Kier alpha value is -2.90. The summed E-state index contributed by atoms with van der Waals surface area (Å²) in [6, 6.07) is 16.6. The molecule has 24 heavy (non-hydrogen) atoms. The molecule has 2 aromatic carbocycles. The van der Waals surface area contributed by atoms with Gasteiger partial charge >= 0.3 is 0 Å². The lowest BCUT2D eigenvalue weighted by molar-refractivity contribution is 0.106. The monoisotopic (exact) mass is 326 g/mol. The molecule has 0 amide bonds. The summed E-state index contributed by atoms with van der Waals surface area (Å²) in [6.45, 7) is 0.336. The molecule has 0 saturated heterocycles. The second-order valence-corrected chi connectivity index (χ2v) is 5.24. The van der Waals surface area contributed by atoms with Crippen LogP contribution in [0.2, 0.25) is 0 Å². The van der Waals surface area contributed by atoms with E-state index >= 15 is 0 Å². The molecule has 7 heteroatoms. The van der Waals surface area contributed by atoms with Gasteiger partial charge in [0.1, 0.15) is 12.7 Å². The third-order valence-electron chi connectivity index (χ3n) is 3.42. The van der Waals surface area contributed by atoms with Crippen LogP contribution in [-0.2, 0) is 0 Å². The number of aliphatic hydroxyl groups is 1. The number of aromatic nitrogens is 2. The topological polar surface area (TPSA) is 99.3 Å². The Balaban J connectivity index is 1.54. The van der Waals surface area contributed by atoms with Crippen LogP contribution in [0.1, 0.15) is 0 Å². The van der Waals surface area contributed by atoms with E-state index in [1.54, 1.807) is 24.3 Å². The number of rotatable bonds is 7. The maximum atomic E-state index is 11.7. The van der Waals surface area contributed by atoms with Crippen molar-refractivity contribution in [1.82, 2.24) is 15.6 Å². The third-order valence-corrected chi connectivity index (χ3v) is 3.42. The van der Waals surface area contributed by atoms with Gasteiger partial charge in [-0.3, -0.25) is 4.79 Å². The molecule has 0 spiro atoms. The van der Waals surface area contributed by atoms with Crippen molar-refractivity contribution >= 4 is 16.5 Å². The lowest BCUT2D eigenvalue weighted by Gasteiger charge is -2.14. The minimum Gasteiger partial charge on any atom is -0.473 e. The highest BCUT2D eigenvalue weighted by atomic mass is 16.5. The minimum atomic E-state index is -0.742.